The van der Waals surface area contributed by atoms with Crippen LogP contribution < -0.4 is 10.1 Å². The van der Waals surface area contributed by atoms with E-state index in [0.29, 0.717) is 17.6 Å². The quantitative estimate of drug-likeness (QED) is 0.360. The van der Waals surface area contributed by atoms with Crippen molar-refractivity contribution in [2.75, 3.05) is 12.4 Å². The van der Waals surface area contributed by atoms with Gasteiger partial charge in [0.1, 0.15) is 11.4 Å². The molecule has 0 aliphatic heterocycles. The van der Waals surface area contributed by atoms with E-state index in [0.717, 1.165) is 20.8 Å². The average Bonchev–Trinajstić information content (AvgIpc) is 3.49. The number of nitrogens with zero attached hydrogens (tertiary/aromatic N) is 4. The molecule has 0 bridgehead atoms. The van der Waals surface area contributed by atoms with Gasteiger partial charge in [-0.2, -0.15) is 5.10 Å². The largest absolute Gasteiger partial charge is 0.497 e. The van der Waals surface area contributed by atoms with E-state index in [-0.39, 0.29) is 16.2 Å². The Labute approximate surface area is 208 Å². The second-order valence-corrected chi connectivity index (χ2v) is 10.0. The number of anilines is 1. The number of hydrogen-bond acceptors (Lipinski definition) is 6. The summed E-state index contributed by atoms with van der Waals surface area (Å²) in [5.41, 5.74) is 2.50. The highest BCUT2D eigenvalue weighted by Crippen LogP contribution is 2.25. The SMILES string of the molecule is COc1ccc(Cn2cc(NC(=O)c3cc4cccnc4n3S(=O)(=O)c3ccc(C)cc3)cn2)cc1. The highest BCUT2D eigenvalue weighted by Gasteiger charge is 2.27. The zero-order chi connectivity index (χ0) is 25.3. The lowest BCUT2D eigenvalue weighted by Gasteiger charge is -2.11. The highest BCUT2D eigenvalue weighted by atomic mass is 32.2. The Morgan fingerprint density at radius 1 is 1.06 bits per heavy atom. The molecule has 0 atom stereocenters. The Balaban J connectivity index is 1.45. The van der Waals surface area contributed by atoms with Crippen molar-refractivity contribution in [1.82, 2.24) is 18.7 Å². The number of hydrogen-bond donors (Lipinski definition) is 1. The number of aromatic nitrogens is 4. The van der Waals surface area contributed by atoms with E-state index in [4.69, 9.17) is 4.74 Å². The van der Waals surface area contributed by atoms with Crippen LogP contribution in [0.1, 0.15) is 21.6 Å². The van der Waals surface area contributed by atoms with Crippen molar-refractivity contribution in [3.05, 3.63) is 102 Å². The van der Waals surface area contributed by atoms with Crippen LogP contribution in [0.2, 0.25) is 0 Å². The first-order valence-corrected chi connectivity index (χ1v) is 12.5. The van der Waals surface area contributed by atoms with Crippen LogP contribution in [0.25, 0.3) is 11.0 Å². The van der Waals surface area contributed by atoms with E-state index < -0.39 is 15.9 Å². The molecule has 3 aromatic heterocycles. The van der Waals surface area contributed by atoms with Crippen LogP contribution in [-0.4, -0.2) is 40.2 Å². The molecule has 3 heterocycles. The lowest BCUT2D eigenvalue weighted by atomic mass is 10.2. The minimum atomic E-state index is -4.09. The number of carbonyl (C=O) groups excluding carboxylic acids is 1. The molecule has 0 unspecified atom stereocenters. The molecule has 1 amide bonds. The summed E-state index contributed by atoms with van der Waals surface area (Å²) in [5, 5.41) is 7.60. The summed E-state index contributed by atoms with van der Waals surface area (Å²) in [6, 6.07) is 19.0. The predicted octanol–water partition coefficient (Wildman–Crippen LogP) is 4.09. The number of methoxy groups -OCH3 is 1. The molecular formula is C26H23N5O4S. The van der Waals surface area contributed by atoms with Gasteiger partial charge in [0, 0.05) is 17.8 Å². The van der Waals surface area contributed by atoms with E-state index >= 15 is 0 Å². The van der Waals surface area contributed by atoms with Crippen molar-refractivity contribution in [1.29, 1.82) is 0 Å². The molecule has 10 heteroatoms. The molecule has 2 aromatic carbocycles. The average molecular weight is 502 g/mol. The molecule has 5 aromatic rings. The fraction of sp³-hybridized carbons (Fsp3) is 0.115. The van der Waals surface area contributed by atoms with Gasteiger partial charge in [-0.1, -0.05) is 29.8 Å². The first kappa shape index (κ1) is 23.3. The van der Waals surface area contributed by atoms with Gasteiger partial charge in [0.05, 0.1) is 30.4 Å². The van der Waals surface area contributed by atoms with Gasteiger partial charge >= 0.3 is 0 Å². The molecule has 0 saturated carbocycles. The number of pyridine rings is 1. The van der Waals surface area contributed by atoms with Crippen LogP contribution in [0.15, 0.2) is 90.2 Å². The van der Waals surface area contributed by atoms with Crippen molar-refractivity contribution < 1.29 is 17.9 Å². The zero-order valence-electron chi connectivity index (χ0n) is 19.6. The van der Waals surface area contributed by atoms with Gasteiger partial charge in [0.2, 0.25) is 0 Å². The molecule has 0 fully saturated rings. The summed E-state index contributed by atoms with van der Waals surface area (Å²) in [6.45, 7) is 2.36. The van der Waals surface area contributed by atoms with Gasteiger partial charge in [-0.05, 0) is 55.0 Å². The van der Waals surface area contributed by atoms with Crippen LogP contribution in [0.3, 0.4) is 0 Å². The van der Waals surface area contributed by atoms with Crippen molar-refractivity contribution in [3.63, 3.8) is 0 Å². The Bertz CT molecular complexity index is 1650. The molecule has 0 aliphatic carbocycles. The molecule has 0 aliphatic rings. The molecule has 0 radical (unpaired) electrons. The summed E-state index contributed by atoms with van der Waals surface area (Å²) in [4.78, 5) is 17.6. The second-order valence-electron chi connectivity index (χ2n) is 8.26. The molecule has 182 valence electrons. The topological polar surface area (TPSA) is 108 Å². The fourth-order valence-electron chi connectivity index (χ4n) is 3.86. The monoisotopic (exact) mass is 501 g/mol. The van der Waals surface area contributed by atoms with Crippen molar-refractivity contribution in [2.45, 2.75) is 18.4 Å². The lowest BCUT2D eigenvalue weighted by Crippen LogP contribution is -2.22. The third-order valence-electron chi connectivity index (χ3n) is 5.71. The summed E-state index contributed by atoms with van der Waals surface area (Å²) < 4.78 is 35.0. The Morgan fingerprint density at radius 3 is 2.53 bits per heavy atom. The normalized spacial score (nSPS) is 11.5. The molecular weight excluding hydrogens is 478 g/mol. The summed E-state index contributed by atoms with van der Waals surface area (Å²) in [5.74, 6) is 0.172. The standard InChI is InChI=1S/C26H23N5O4S/c1-18-5-11-23(12-6-18)36(33,34)31-24(14-20-4-3-13-27-25(20)31)26(32)29-21-15-28-30(17-21)16-19-7-9-22(35-2)10-8-19/h3-15,17H,16H2,1-2H3,(H,29,32). The van der Waals surface area contributed by atoms with E-state index in [2.05, 4.69) is 15.4 Å². The third-order valence-corrected chi connectivity index (χ3v) is 7.43. The summed E-state index contributed by atoms with van der Waals surface area (Å²) in [6.07, 6.45) is 4.69. The van der Waals surface area contributed by atoms with Gasteiger partial charge in [0.25, 0.3) is 15.9 Å². The number of carbonyl (C=O) groups is 1. The summed E-state index contributed by atoms with van der Waals surface area (Å²) in [7, 11) is -2.48. The van der Waals surface area contributed by atoms with E-state index in [1.807, 2.05) is 31.2 Å². The van der Waals surface area contributed by atoms with Crippen molar-refractivity contribution >= 4 is 32.7 Å². The molecule has 1 N–H and O–H groups in total. The van der Waals surface area contributed by atoms with Crippen LogP contribution >= 0.6 is 0 Å². The number of aryl methyl sites for hydroxylation is 1. The number of nitrogens with one attached hydrogen (secondary N) is 1. The first-order chi connectivity index (χ1) is 17.3. The molecule has 5 rings (SSSR count). The zero-order valence-corrected chi connectivity index (χ0v) is 20.4. The fourth-order valence-corrected chi connectivity index (χ4v) is 5.32. The maximum Gasteiger partial charge on any atom is 0.273 e. The van der Waals surface area contributed by atoms with Gasteiger partial charge < -0.3 is 10.1 Å². The van der Waals surface area contributed by atoms with Gasteiger partial charge in [-0.25, -0.2) is 17.4 Å². The van der Waals surface area contributed by atoms with Gasteiger partial charge in [0.15, 0.2) is 5.65 Å². The number of fused-ring (bicyclic) bond motifs is 1. The number of rotatable bonds is 7. The van der Waals surface area contributed by atoms with Crippen LogP contribution in [0, 0.1) is 6.92 Å². The predicted molar refractivity (Wildman–Crippen MR) is 136 cm³/mol. The van der Waals surface area contributed by atoms with Gasteiger partial charge in [-0.15, -0.1) is 0 Å². The minimum Gasteiger partial charge on any atom is -0.497 e. The maximum absolute atomic E-state index is 13.6. The molecule has 0 saturated heterocycles. The van der Waals surface area contributed by atoms with E-state index in [1.165, 1.54) is 30.6 Å². The molecule has 9 nitrogen and oxygen atoms in total. The summed E-state index contributed by atoms with van der Waals surface area (Å²) >= 11 is 0. The smallest absolute Gasteiger partial charge is 0.273 e. The Morgan fingerprint density at radius 2 is 1.81 bits per heavy atom. The van der Waals surface area contributed by atoms with E-state index in [9.17, 15) is 13.2 Å². The Hall–Kier alpha value is -4.44. The van der Waals surface area contributed by atoms with Crippen molar-refractivity contribution in [3.8, 4) is 5.75 Å². The van der Waals surface area contributed by atoms with Crippen LogP contribution in [-0.2, 0) is 16.6 Å². The molecule has 36 heavy (non-hydrogen) atoms. The highest BCUT2D eigenvalue weighted by molar-refractivity contribution is 7.90. The van der Waals surface area contributed by atoms with Gasteiger partial charge in [-0.3, -0.25) is 9.48 Å². The van der Waals surface area contributed by atoms with Crippen LogP contribution in [0.4, 0.5) is 5.69 Å². The number of ether oxygens (including phenoxy) is 1. The Kier molecular flexibility index (Phi) is 6.03. The number of benzene rings is 2. The lowest BCUT2D eigenvalue weighted by molar-refractivity contribution is 0.102. The molecule has 0 spiro atoms. The van der Waals surface area contributed by atoms with Crippen molar-refractivity contribution in [2.24, 2.45) is 0 Å². The van der Waals surface area contributed by atoms with Crippen LogP contribution in [0.5, 0.6) is 5.75 Å². The first-order valence-electron chi connectivity index (χ1n) is 11.1. The van der Waals surface area contributed by atoms with E-state index in [1.54, 1.807) is 42.3 Å². The maximum atomic E-state index is 13.6. The third kappa shape index (κ3) is 4.46. The second kappa shape index (κ2) is 9.31. The number of amides is 1. The minimum absolute atomic E-state index is 0.0489.